The van der Waals surface area contributed by atoms with Gasteiger partial charge in [-0.3, -0.25) is 9.78 Å². The van der Waals surface area contributed by atoms with Crippen LogP contribution in [0.5, 0.6) is 0 Å². The summed E-state index contributed by atoms with van der Waals surface area (Å²) in [4.78, 5) is 16.7. The lowest BCUT2D eigenvalue weighted by molar-refractivity contribution is 0.0954. The zero-order chi connectivity index (χ0) is 14.5. The summed E-state index contributed by atoms with van der Waals surface area (Å²) < 4.78 is 0.956. The monoisotopic (exact) mass is 407 g/mol. The van der Waals surface area contributed by atoms with E-state index in [1.807, 2.05) is 31.2 Å². The van der Waals surface area contributed by atoms with E-state index in [0.29, 0.717) is 18.7 Å². The fourth-order valence-electron chi connectivity index (χ4n) is 2.09. The van der Waals surface area contributed by atoms with Crippen LogP contribution in [0.1, 0.15) is 28.9 Å². The highest BCUT2D eigenvalue weighted by Crippen LogP contribution is 2.22. The van der Waals surface area contributed by atoms with Gasteiger partial charge in [-0.25, -0.2) is 0 Å². The molecule has 1 aromatic heterocycles. The number of fused-ring (bicyclic) bond motifs is 1. The Kier molecular flexibility index (Phi) is 9.60. The number of unbranched alkanes of at least 4 members (excludes halogenated alkanes) is 1. The first-order valence-electron chi connectivity index (χ1n) is 6.67. The van der Waals surface area contributed by atoms with Crippen LogP contribution >= 0.6 is 40.7 Å². The third kappa shape index (κ3) is 5.39. The molecule has 1 heterocycles. The number of hydrogen-bond acceptors (Lipinski definition) is 3. The number of pyridine rings is 1. The van der Waals surface area contributed by atoms with Gasteiger partial charge >= 0.3 is 0 Å². The molecule has 2 aromatic rings. The molecule has 3 N–H and O–H groups in total. The maximum absolute atomic E-state index is 12.3. The van der Waals surface area contributed by atoms with Gasteiger partial charge in [0, 0.05) is 22.1 Å². The van der Waals surface area contributed by atoms with Crippen LogP contribution < -0.4 is 11.1 Å². The molecule has 0 bridgehead atoms. The lowest BCUT2D eigenvalue weighted by Gasteiger charge is -2.09. The summed E-state index contributed by atoms with van der Waals surface area (Å²) in [5.74, 6) is -0.0557. The Morgan fingerprint density at radius 2 is 2.00 bits per heavy atom. The number of aromatic nitrogens is 1. The molecule has 2 rings (SSSR count). The van der Waals surface area contributed by atoms with Crippen molar-refractivity contribution in [3.63, 3.8) is 0 Å². The number of aryl methyl sites for hydroxylation is 1. The minimum absolute atomic E-state index is 0. The Balaban J connectivity index is 0.00000220. The van der Waals surface area contributed by atoms with Crippen molar-refractivity contribution in [1.29, 1.82) is 0 Å². The molecule has 1 aromatic carbocycles. The number of hydrogen-bond donors (Lipinski definition) is 2. The highest BCUT2D eigenvalue weighted by molar-refractivity contribution is 9.10. The number of carbonyl (C=O) groups is 1. The van der Waals surface area contributed by atoms with E-state index in [1.54, 1.807) is 0 Å². The molecule has 0 aliphatic rings. The normalized spacial score (nSPS) is 9.77. The van der Waals surface area contributed by atoms with Gasteiger partial charge in [0.25, 0.3) is 5.91 Å². The third-order valence-electron chi connectivity index (χ3n) is 3.06. The van der Waals surface area contributed by atoms with E-state index in [0.717, 1.165) is 33.9 Å². The van der Waals surface area contributed by atoms with E-state index in [-0.39, 0.29) is 30.7 Å². The van der Waals surface area contributed by atoms with Crippen LogP contribution in [0.25, 0.3) is 10.9 Å². The van der Waals surface area contributed by atoms with Gasteiger partial charge in [0.15, 0.2) is 0 Å². The number of nitrogens with two attached hydrogens (primary N) is 1. The first-order valence-corrected chi connectivity index (χ1v) is 7.46. The van der Waals surface area contributed by atoms with E-state index in [9.17, 15) is 4.79 Å². The number of carbonyl (C=O) groups excluding carboxylic acids is 1. The predicted molar refractivity (Wildman–Crippen MR) is 99.3 cm³/mol. The average Bonchev–Trinajstić information content (AvgIpc) is 2.42. The minimum atomic E-state index is -0.0557. The minimum Gasteiger partial charge on any atom is -0.352 e. The summed E-state index contributed by atoms with van der Waals surface area (Å²) in [5.41, 5.74) is 7.77. The first-order chi connectivity index (χ1) is 9.61. The molecular formula is C15H20BrCl2N3O. The van der Waals surface area contributed by atoms with Crippen LogP contribution in [-0.4, -0.2) is 24.0 Å². The molecule has 7 heteroatoms. The van der Waals surface area contributed by atoms with Gasteiger partial charge in [-0.05, 0) is 44.5 Å². The van der Waals surface area contributed by atoms with Crippen molar-refractivity contribution in [2.75, 3.05) is 13.1 Å². The van der Waals surface area contributed by atoms with E-state index in [2.05, 4.69) is 26.2 Å². The van der Waals surface area contributed by atoms with Crippen LogP contribution in [0, 0.1) is 6.92 Å². The standard InChI is InChI=1S/C15H18BrN3O.2ClH/c1-10-8-13(15(20)18-7-3-2-6-17)12-5-4-11(16)9-14(12)19-10;;/h4-5,8-9H,2-3,6-7,17H2,1H3,(H,18,20);2*1H. The molecule has 4 nitrogen and oxygen atoms in total. The molecule has 0 saturated carbocycles. The highest BCUT2D eigenvalue weighted by Gasteiger charge is 2.11. The van der Waals surface area contributed by atoms with Crippen LogP contribution in [0.3, 0.4) is 0 Å². The largest absolute Gasteiger partial charge is 0.352 e. The maximum Gasteiger partial charge on any atom is 0.252 e. The smallest absolute Gasteiger partial charge is 0.252 e. The van der Waals surface area contributed by atoms with Gasteiger partial charge in [0.2, 0.25) is 0 Å². The average molecular weight is 409 g/mol. The Morgan fingerprint density at radius 1 is 1.27 bits per heavy atom. The first kappa shape index (κ1) is 21.1. The molecule has 0 spiro atoms. The fraction of sp³-hybridized carbons (Fsp3) is 0.333. The van der Waals surface area contributed by atoms with Gasteiger partial charge in [-0.15, -0.1) is 24.8 Å². The molecule has 122 valence electrons. The SMILES string of the molecule is Cc1cc(C(=O)NCCCCN)c2ccc(Br)cc2n1.Cl.Cl. The van der Waals surface area contributed by atoms with Crippen molar-refractivity contribution in [2.24, 2.45) is 5.73 Å². The lowest BCUT2D eigenvalue weighted by atomic mass is 10.1. The number of rotatable bonds is 5. The number of nitrogens with one attached hydrogen (secondary N) is 1. The summed E-state index contributed by atoms with van der Waals surface area (Å²) in [5, 5.41) is 3.80. The van der Waals surface area contributed by atoms with Crippen LogP contribution in [0.2, 0.25) is 0 Å². The lowest BCUT2D eigenvalue weighted by Crippen LogP contribution is -2.25. The zero-order valence-corrected chi connectivity index (χ0v) is 15.5. The third-order valence-corrected chi connectivity index (χ3v) is 3.55. The second-order valence-electron chi connectivity index (χ2n) is 4.72. The van der Waals surface area contributed by atoms with Gasteiger partial charge in [0.05, 0.1) is 11.1 Å². The summed E-state index contributed by atoms with van der Waals surface area (Å²) in [6.45, 7) is 3.20. The Hall–Kier alpha value is -0.880. The van der Waals surface area contributed by atoms with Crippen LogP contribution in [0.15, 0.2) is 28.7 Å². The maximum atomic E-state index is 12.3. The van der Waals surface area contributed by atoms with Crippen LogP contribution in [-0.2, 0) is 0 Å². The van der Waals surface area contributed by atoms with E-state index in [4.69, 9.17) is 5.73 Å². The van der Waals surface area contributed by atoms with Gasteiger partial charge in [-0.2, -0.15) is 0 Å². The number of nitrogens with zero attached hydrogens (tertiary/aromatic N) is 1. The molecule has 0 unspecified atom stereocenters. The van der Waals surface area contributed by atoms with Crippen molar-refractivity contribution in [3.8, 4) is 0 Å². The van der Waals surface area contributed by atoms with Crippen molar-refractivity contribution in [2.45, 2.75) is 19.8 Å². The Bertz CT molecular complexity index is 632. The van der Waals surface area contributed by atoms with Gasteiger partial charge in [0.1, 0.15) is 0 Å². The Morgan fingerprint density at radius 3 is 2.68 bits per heavy atom. The summed E-state index contributed by atoms with van der Waals surface area (Å²) in [6, 6.07) is 7.59. The predicted octanol–water partition coefficient (Wildman–Crippen LogP) is 3.62. The second kappa shape index (κ2) is 10.0. The second-order valence-corrected chi connectivity index (χ2v) is 5.64. The molecule has 0 aliphatic carbocycles. The summed E-state index contributed by atoms with van der Waals surface area (Å²) in [7, 11) is 0. The van der Waals surface area contributed by atoms with Crippen molar-refractivity contribution >= 4 is 57.6 Å². The molecular weight excluding hydrogens is 389 g/mol. The van der Waals surface area contributed by atoms with E-state index >= 15 is 0 Å². The molecule has 0 atom stereocenters. The molecule has 1 amide bonds. The van der Waals surface area contributed by atoms with Crippen molar-refractivity contribution in [1.82, 2.24) is 10.3 Å². The molecule has 0 radical (unpaired) electrons. The molecule has 0 aliphatic heterocycles. The zero-order valence-electron chi connectivity index (χ0n) is 12.3. The summed E-state index contributed by atoms with van der Waals surface area (Å²) >= 11 is 3.43. The van der Waals surface area contributed by atoms with Crippen molar-refractivity contribution < 1.29 is 4.79 Å². The van der Waals surface area contributed by atoms with Gasteiger partial charge in [-0.1, -0.05) is 22.0 Å². The number of halogens is 3. The van der Waals surface area contributed by atoms with E-state index in [1.165, 1.54) is 0 Å². The van der Waals surface area contributed by atoms with E-state index < -0.39 is 0 Å². The molecule has 0 saturated heterocycles. The quantitative estimate of drug-likeness (QED) is 0.742. The Labute approximate surface area is 151 Å². The van der Waals surface area contributed by atoms with Crippen LogP contribution in [0.4, 0.5) is 0 Å². The fourth-order valence-corrected chi connectivity index (χ4v) is 2.44. The topological polar surface area (TPSA) is 68.0 Å². The van der Waals surface area contributed by atoms with Gasteiger partial charge < -0.3 is 11.1 Å². The summed E-state index contributed by atoms with van der Waals surface area (Å²) in [6.07, 6.45) is 1.82. The number of amides is 1. The number of benzene rings is 1. The van der Waals surface area contributed by atoms with Crippen molar-refractivity contribution in [3.05, 3.63) is 40.0 Å². The highest BCUT2D eigenvalue weighted by atomic mass is 79.9. The molecule has 0 fully saturated rings. The molecule has 22 heavy (non-hydrogen) atoms.